The first-order valence-electron chi connectivity index (χ1n) is 6.19. The fourth-order valence-electron chi connectivity index (χ4n) is 1.99. The van der Waals surface area contributed by atoms with Gasteiger partial charge in [-0.15, -0.1) is 0 Å². The topological polar surface area (TPSA) is 0 Å². The van der Waals surface area contributed by atoms with Gasteiger partial charge in [-0.1, -0.05) is 56.9 Å². The van der Waals surface area contributed by atoms with Crippen molar-refractivity contribution < 1.29 is 20.1 Å². The average molecular weight is 385 g/mol. The molecule has 0 aromatic rings. The minimum atomic E-state index is 0. The maximum Gasteiger partial charge on any atom is 0 e. The van der Waals surface area contributed by atoms with Crippen molar-refractivity contribution in [3.8, 4) is 0 Å². The van der Waals surface area contributed by atoms with E-state index >= 15 is 0 Å². The van der Waals surface area contributed by atoms with Gasteiger partial charge in [0.1, 0.15) is 0 Å². The Bertz CT molecular complexity index is 150. The summed E-state index contributed by atoms with van der Waals surface area (Å²) >= 11 is 0. The van der Waals surface area contributed by atoms with Crippen LogP contribution >= 0.6 is 0 Å². The van der Waals surface area contributed by atoms with E-state index in [0.29, 0.717) is 0 Å². The van der Waals surface area contributed by atoms with Crippen LogP contribution in [-0.2, 0) is 20.1 Å². The SMILES string of the molecule is C1=C\CC/C=C\CC/1.CC1CCCC1.[Ir]. The molecule has 0 nitrogen and oxygen atoms in total. The van der Waals surface area contributed by atoms with Gasteiger partial charge < -0.3 is 0 Å². The van der Waals surface area contributed by atoms with Crippen LogP contribution in [0.15, 0.2) is 24.3 Å². The smallest absolute Gasteiger partial charge is 0 e. The van der Waals surface area contributed by atoms with Crippen LogP contribution in [0.2, 0.25) is 0 Å². The van der Waals surface area contributed by atoms with E-state index in [4.69, 9.17) is 0 Å². The normalized spacial score (nSPS) is 25.1. The van der Waals surface area contributed by atoms with E-state index in [-0.39, 0.29) is 20.1 Å². The molecule has 2 aliphatic rings. The largest absolute Gasteiger partial charge is 0.0882 e. The van der Waals surface area contributed by atoms with Crippen molar-refractivity contribution in [2.45, 2.75) is 58.3 Å². The summed E-state index contributed by atoms with van der Waals surface area (Å²) in [5.74, 6) is 1.05. The van der Waals surface area contributed by atoms with Gasteiger partial charge in [0.05, 0.1) is 0 Å². The van der Waals surface area contributed by atoms with Crippen molar-refractivity contribution in [1.82, 2.24) is 0 Å². The third-order valence-electron chi connectivity index (χ3n) is 2.98. The Balaban J connectivity index is 0.000000253. The molecule has 0 N–H and O–H groups in total. The molecule has 0 aliphatic heterocycles. The Morgan fingerprint density at radius 2 is 1.07 bits per heavy atom. The zero-order valence-electron chi connectivity index (χ0n) is 9.88. The predicted octanol–water partition coefficient (Wildman–Crippen LogP) is 4.87. The summed E-state index contributed by atoms with van der Waals surface area (Å²) in [6.45, 7) is 2.34. The van der Waals surface area contributed by atoms with Crippen molar-refractivity contribution in [3.05, 3.63) is 24.3 Å². The third-order valence-corrected chi connectivity index (χ3v) is 2.98. The van der Waals surface area contributed by atoms with E-state index in [1.807, 2.05) is 0 Å². The molecule has 1 radical (unpaired) electrons. The molecule has 1 fully saturated rings. The summed E-state index contributed by atoms with van der Waals surface area (Å²) in [6.07, 6.45) is 19.9. The van der Waals surface area contributed by atoms with Crippen LogP contribution < -0.4 is 0 Å². The number of rotatable bonds is 0. The molecule has 2 rings (SSSR count). The molecule has 15 heavy (non-hydrogen) atoms. The summed E-state index contributed by atoms with van der Waals surface area (Å²) in [7, 11) is 0. The van der Waals surface area contributed by atoms with E-state index < -0.39 is 0 Å². The molecular weight excluding hydrogens is 360 g/mol. The first-order chi connectivity index (χ1) is 6.89. The maximum atomic E-state index is 2.34. The summed E-state index contributed by atoms with van der Waals surface area (Å²) in [5.41, 5.74) is 0. The van der Waals surface area contributed by atoms with Crippen molar-refractivity contribution in [3.63, 3.8) is 0 Å². The van der Waals surface area contributed by atoms with Crippen LogP contribution in [0.4, 0.5) is 0 Å². The maximum absolute atomic E-state index is 2.34. The summed E-state index contributed by atoms with van der Waals surface area (Å²) in [5, 5.41) is 0. The first-order valence-corrected chi connectivity index (χ1v) is 6.19. The van der Waals surface area contributed by atoms with Gasteiger partial charge in [0.2, 0.25) is 0 Å². The third kappa shape index (κ3) is 9.08. The Morgan fingerprint density at radius 1 is 0.733 bits per heavy atom. The van der Waals surface area contributed by atoms with E-state index in [0.717, 1.165) is 5.92 Å². The molecule has 0 spiro atoms. The molecule has 0 amide bonds. The zero-order chi connectivity index (χ0) is 10.1. The Morgan fingerprint density at radius 3 is 1.27 bits per heavy atom. The van der Waals surface area contributed by atoms with Gasteiger partial charge in [-0.3, -0.25) is 0 Å². The van der Waals surface area contributed by atoms with Gasteiger partial charge in [0, 0.05) is 20.1 Å². The van der Waals surface area contributed by atoms with Gasteiger partial charge in [0.25, 0.3) is 0 Å². The number of hydrogen-bond donors (Lipinski definition) is 0. The van der Waals surface area contributed by atoms with Crippen LogP contribution in [0.5, 0.6) is 0 Å². The van der Waals surface area contributed by atoms with Crippen molar-refractivity contribution in [1.29, 1.82) is 0 Å². The summed E-state index contributed by atoms with van der Waals surface area (Å²) < 4.78 is 0. The van der Waals surface area contributed by atoms with Crippen molar-refractivity contribution >= 4 is 0 Å². The number of allylic oxidation sites excluding steroid dienone is 4. The molecule has 0 bridgehead atoms. The molecule has 0 unspecified atom stereocenters. The van der Waals surface area contributed by atoms with Crippen LogP contribution in [0.25, 0.3) is 0 Å². The molecular formula is C14H24Ir. The summed E-state index contributed by atoms with van der Waals surface area (Å²) in [6, 6.07) is 0. The molecule has 0 aromatic heterocycles. The van der Waals surface area contributed by atoms with E-state index in [2.05, 4.69) is 31.2 Å². The first kappa shape index (κ1) is 15.1. The quantitative estimate of drug-likeness (QED) is 0.523. The Labute approximate surface area is 109 Å². The van der Waals surface area contributed by atoms with E-state index in [1.54, 1.807) is 0 Å². The van der Waals surface area contributed by atoms with Gasteiger partial charge >= 0.3 is 0 Å². The van der Waals surface area contributed by atoms with Gasteiger partial charge in [0.15, 0.2) is 0 Å². The van der Waals surface area contributed by atoms with Gasteiger partial charge in [-0.25, -0.2) is 0 Å². The van der Waals surface area contributed by atoms with Crippen molar-refractivity contribution in [2.75, 3.05) is 0 Å². The van der Waals surface area contributed by atoms with E-state index in [9.17, 15) is 0 Å². The second-order valence-corrected chi connectivity index (χ2v) is 4.49. The molecule has 0 heterocycles. The van der Waals surface area contributed by atoms with E-state index in [1.165, 1.54) is 51.4 Å². The fraction of sp³-hybridized carbons (Fsp3) is 0.714. The van der Waals surface area contributed by atoms with Crippen LogP contribution in [0.1, 0.15) is 58.3 Å². The van der Waals surface area contributed by atoms with Gasteiger partial charge in [-0.05, 0) is 31.6 Å². The monoisotopic (exact) mass is 385 g/mol. The van der Waals surface area contributed by atoms with Gasteiger partial charge in [-0.2, -0.15) is 0 Å². The van der Waals surface area contributed by atoms with Crippen LogP contribution in [-0.4, -0.2) is 0 Å². The second kappa shape index (κ2) is 10.6. The zero-order valence-corrected chi connectivity index (χ0v) is 12.3. The van der Waals surface area contributed by atoms with Crippen LogP contribution in [0.3, 0.4) is 0 Å². The average Bonchev–Trinajstić information content (AvgIpc) is 2.55. The summed E-state index contributed by atoms with van der Waals surface area (Å²) in [4.78, 5) is 0. The van der Waals surface area contributed by atoms with Crippen LogP contribution in [0, 0.1) is 5.92 Å². The molecule has 89 valence electrons. The molecule has 0 saturated heterocycles. The van der Waals surface area contributed by atoms with Crippen molar-refractivity contribution in [2.24, 2.45) is 5.92 Å². The second-order valence-electron chi connectivity index (χ2n) is 4.49. The molecule has 0 aromatic carbocycles. The minimum Gasteiger partial charge on any atom is -0.0882 e. The molecule has 0 atom stereocenters. The molecule has 2 aliphatic carbocycles. The Hall–Kier alpha value is 0.129. The standard InChI is InChI=1S/C8H12.C6H12.Ir/c1-2-4-6-8-7-5-3-1;1-6-4-2-3-5-6;/h1-2,7-8H,3-6H2;6H,2-5H2,1H3;/b2-1-,8-7-;;. The molecule has 1 heteroatoms. The predicted molar refractivity (Wildman–Crippen MR) is 64.4 cm³/mol. The minimum absolute atomic E-state index is 0. The Kier molecular flexibility index (Phi) is 10.7. The molecule has 1 saturated carbocycles. The fourth-order valence-corrected chi connectivity index (χ4v) is 1.99. The number of hydrogen-bond acceptors (Lipinski definition) is 0.